The molecule has 0 amide bonds. The molecule has 0 aliphatic carbocycles. The Morgan fingerprint density at radius 1 is 1.41 bits per heavy atom. The second-order valence-electron chi connectivity index (χ2n) is 4.40. The number of morpholine rings is 1. The van der Waals surface area contributed by atoms with E-state index >= 15 is 0 Å². The number of nitrogens with two attached hydrogens (primary N) is 1. The molecule has 0 spiro atoms. The van der Waals surface area contributed by atoms with Crippen molar-refractivity contribution in [2.75, 3.05) is 32.8 Å². The third-order valence-corrected chi connectivity index (χ3v) is 3.30. The van der Waals surface area contributed by atoms with Crippen LogP contribution < -0.4 is 5.73 Å². The van der Waals surface area contributed by atoms with Gasteiger partial charge in [0, 0.05) is 25.7 Å². The van der Waals surface area contributed by atoms with Crippen molar-refractivity contribution in [2.24, 2.45) is 5.73 Å². The SMILES string of the molecule is Cc1cc(F)ccc1C(CN)N1CCOCC1. The molecule has 1 aliphatic heterocycles. The minimum atomic E-state index is -0.191. The summed E-state index contributed by atoms with van der Waals surface area (Å²) in [5, 5.41) is 0. The number of rotatable bonds is 3. The molecule has 1 fully saturated rings. The van der Waals surface area contributed by atoms with E-state index in [0.717, 1.165) is 37.4 Å². The topological polar surface area (TPSA) is 38.5 Å². The average molecular weight is 238 g/mol. The zero-order valence-electron chi connectivity index (χ0n) is 10.2. The first-order valence-corrected chi connectivity index (χ1v) is 6.00. The molecule has 1 aliphatic rings. The summed E-state index contributed by atoms with van der Waals surface area (Å²) in [6.45, 7) is 5.75. The van der Waals surface area contributed by atoms with Crippen LogP contribution in [0.25, 0.3) is 0 Å². The molecule has 1 atom stereocenters. The largest absolute Gasteiger partial charge is 0.379 e. The first kappa shape index (κ1) is 12.5. The van der Waals surface area contributed by atoms with Crippen LogP contribution in [0.15, 0.2) is 18.2 Å². The molecular formula is C13H19FN2O. The number of benzene rings is 1. The Kier molecular flexibility index (Phi) is 4.10. The van der Waals surface area contributed by atoms with E-state index in [9.17, 15) is 4.39 Å². The molecule has 17 heavy (non-hydrogen) atoms. The third-order valence-electron chi connectivity index (χ3n) is 3.30. The lowest BCUT2D eigenvalue weighted by atomic mass is 9.99. The van der Waals surface area contributed by atoms with Gasteiger partial charge in [-0.05, 0) is 30.2 Å². The van der Waals surface area contributed by atoms with Gasteiger partial charge in [-0.15, -0.1) is 0 Å². The highest BCUT2D eigenvalue weighted by Gasteiger charge is 2.22. The standard InChI is InChI=1S/C13H19FN2O/c1-10-8-11(14)2-3-12(10)13(9-15)16-4-6-17-7-5-16/h2-3,8,13H,4-7,9,15H2,1H3. The van der Waals surface area contributed by atoms with Crippen LogP contribution in [0, 0.1) is 12.7 Å². The van der Waals surface area contributed by atoms with Gasteiger partial charge in [-0.1, -0.05) is 6.07 Å². The van der Waals surface area contributed by atoms with E-state index in [0.29, 0.717) is 6.54 Å². The number of hydrogen-bond acceptors (Lipinski definition) is 3. The maximum absolute atomic E-state index is 13.1. The van der Waals surface area contributed by atoms with Crippen LogP contribution in [0.1, 0.15) is 17.2 Å². The van der Waals surface area contributed by atoms with Gasteiger partial charge in [0.1, 0.15) is 5.82 Å². The van der Waals surface area contributed by atoms with E-state index in [1.807, 2.05) is 13.0 Å². The van der Waals surface area contributed by atoms with Crippen molar-refractivity contribution >= 4 is 0 Å². The number of ether oxygens (including phenoxy) is 1. The molecule has 94 valence electrons. The zero-order valence-corrected chi connectivity index (χ0v) is 10.2. The highest BCUT2D eigenvalue weighted by Crippen LogP contribution is 2.24. The fourth-order valence-electron chi connectivity index (χ4n) is 2.37. The Labute approximate surface area is 101 Å². The van der Waals surface area contributed by atoms with E-state index in [-0.39, 0.29) is 11.9 Å². The summed E-state index contributed by atoms with van der Waals surface area (Å²) in [6.07, 6.45) is 0. The molecule has 2 rings (SSSR count). The van der Waals surface area contributed by atoms with Gasteiger partial charge in [-0.3, -0.25) is 4.90 Å². The van der Waals surface area contributed by atoms with Crippen LogP contribution >= 0.6 is 0 Å². The minimum absolute atomic E-state index is 0.166. The molecule has 0 saturated carbocycles. The van der Waals surface area contributed by atoms with Crippen molar-refractivity contribution in [1.82, 2.24) is 4.90 Å². The lowest BCUT2D eigenvalue weighted by Crippen LogP contribution is -2.42. The Bertz CT molecular complexity index is 378. The molecular weight excluding hydrogens is 219 g/mol. The van der Waals surface area contributed by atoms with E-state index in [1.165, 1.54) is 6.07 Å². The summed E-state index contributed by atoms with van der Waals surface area (Å²) in [7, 11) is 0. The Morgan fingerprint density at radius 2 is 2.12 bits per heavy atom. The normalized spacial score (nSPS) is 19.2. The molecule has 0 aromatic heterocycles. The lowest BCUT2D eigenvalue weighted by molar-refractivity contribution is 0.0177. The smallest absolute Gasteiger partial charge is 0.123 e. The van der Waals surface area contributed by atoms with Crippen LogP contribution in [-0.4, -0.2) is 37.7 Å². The van der Waals surface area contributed by atoms with Crippen molar-refractivity contribution in [3.8, 4) is 0 Å². The van der Waals surface area contributed by atoms with Crippen molar-refractivity contribution in [3.63, 3.8) is 0 Å². The van der Waals surface area contributed by atoms with Crippen molar-refractivity contribution in [1.29, 1.82) is 0 Å². The van der Waals surface area contributed by atoms with Gasteiger partial charge in [0.2, 0.25) is 0 Å². The highest BCUT2D eigenvalue weighted by atomic mass is 19.1. The average Bonchev–Trinajstić information content (AvgIpc) is 2.34. The number of nitrogens with zero attached hydrogens (tertiary/aromatic N) is 1. The van der Waals surface area contributed by atoms with Gasteiger partial charge in [0.15, 0.2) is 0 Å². The summed E-state index contributed by atoms with van der Waals surface area (Å²) in [5.74, 6) is -0.191. The van der Waals surface area contributed by atoms with Gasteiger partial charge in [0.25, 0.3) is 0 Å². The van der Waals surface area contributed by atoms with E-state index in [1.54, 1.807) is 6.07 Å². The predicted molar refractivity (Wildman–Crippen MR) is 65.3 cm³/mol. The Hall–Kier alpha value is -0.970. The van der Waals surface area contributed by atoms with Crippen LogP contribution in [-0.2, 0) is 4.74 Å². The zero-order chi connectivity index (χ0) is 12.3. The van der Waals surface area contributed by atoms with Crippen molar-refractivity contribution in [2.45, 2.75) is 13.0 Å². The van der Waals surface area contributed by atoms with Gasteiger partial charge in [-0.2, -0.15) is 0 Å². The van der Waals surface area contributed by atoms with Gasteiger partial charge in [0.05, 0.1) is 13.2 Å². The summed E-state index contributed by atoms with van der Waals surface area (Å²) in [5.41, 5.74) is 7.95. The van der Waals surface area contributed by atoms with Crippen LogP contribution in [0.2, 0.25) is 0 Å². The Balaban J connectivity index is 2.21. The summed E-state index contributed by atoms with van der Waals surface area (Å²) in [4.78, 5) is 2.31. The quantitative estimate of drug-likeness (QED) is 0.866. The molecule has 3 nitrogen and oxygen atoms in total. The molecule has 1 aromatic rings. The summed E-state index contributed by atoms with van der Waals surface area (Å²) in [6, 6.07) is 5.08. The number of hydrogen-bond donors (Lipinski definition) is 1. The van der Waals surface area contributed by atoms with Crippen molar-refractivity contribution in [3.05, 3.63) is 35.1 Å². The number of aryl methyl sites for hydroxylation is 1. The molecule has 1 unspecified atom stereocenters. The molecule has 1 aromatic carbocycles. The number of halogens is 1. The molecule has 1 heterocycles. The second kappa shape index (κ2) is 5.58. The maximum atomic E-state index is 13.1. The second-order valence-corrected chi connectivity index (χ2v) is 4.40. The fraction of sp³-hybridized carbons (Fsp3) is 0.538. The van der Waals surface area contributed by atoms with Crippen molar-refractivity contribution < 1.29 is 9.13 Å². The van der Waals surface area contributed by atoms with E-state index < -0.39 is 0 Å². The van der Waals surface area contributed by atoms with E-state index in [2.05, 4.69) is 4.90 Å². The van der Waals surface area contributed by atoms with Gasteiger partial charge in [-0.25, -0.2) is 4.39 Å². The Morgan fingerprint density at radius 3 is 2.71 bits per heavy atom. The molecule has 0 radical (unpaired) electrons. The maximum Gasteiger partial charge on any atom is 0.123 e. The molecule has 2 N–H and O–H groups in total. The fourth-order valence-corrected chi connectivity index (χ4v) is 2.37. The van der Waals surface area contributed by atoms with Crippen LogP contribution in [0.4, 0.5) is 4.39 Å². The van der Waals surface area contributed by atoms with Gasteiger partial charge >= 0.3 is 0 Å². The third kappa shape index (κ3) is 2.83. The van der Waals surface area contributed by atoms with Crippen LogP contribution in [0.5, 0.6) is 0 Å². The van der Waals surface area contributed by atoms with E-state index in [4.69, 9.17) is 10.5 Å². The monoisotopic (exact) mass is 238 g/mol. The van der Waals surface area contributed by atoms with Gasteiger partial charge < -0.3 is 10.5 Å². The van der Waals surface area contributed by atoms with Crippen LogP contribution in [0.3, 0.4) is 0 Å². The molecule has 1 saturated heterocycles. The first-order valence-electron chi connectivity index (χ1n) is 6.00. The highest BCUT2D eigenvalue weighted by molar-refractivity contribution is 5.30. The predicted octanol–water partition coefficient (Wildman–Crippen LogP) is 1.47. The first-order chi connectivity index (χ1) is 8.22. The molecule has 4 heteroatoms. The minimum Gasteiger partial charge on any atom is -0.379 e. The lowest BCUT2D eigenvalue weighted by Gasteiger charge is -2.34. The summed E-state index contributed by atoms with van der Waals surface area (Å²) < 4.78 is 18.4. The molecule has 0 bridgehead atoms. The summed E-state index contributed by atoms with van der Waals surface area (Å²) >= 11 is 0.